The first kappa shape index (κ1) is 10.5. The van der Waals surface area contributed by atoms with Crippen LogP contribution in [0.4, 0.5) is 8.78 Å². The molecule has 0 radical (unpaired) electrons. The highest BCUT2D eigenvalue weighted by Crippen LogP contribution is 2.30. The summed E-state index contributed by atoms with van der Waals surface area (Å²) in [5.74, 6) is -1.35. The smallest absolute Gasteiger partial charge is 0.163 e. The minimum Gasteiger partial charge on any atom is -0.330 e. The van der Waals surface area contributed by atoms with Gasteiger partial charge in [-0.05, 0) is 31.5 Å². The van der Waals surface area contributed by atoms with E-state index in [0.717, 1.165) is 19.0 Å². The van der Waals surface area contributed by atoms with Crippen molar-refractivity contribution < 1.29 is 8.78 Å². The summed E-state index contributed by atoms with van der Waals surface area (Å²) in [4.78, 5) is 0. The van der Waals surface area contributed by atoms with Crippen molar-refractivity contribution in [2.75, 3.05) is 13.1 Å². The molecule has 0 amide bonds. The molecule has 1 aliphatic heterocycles. The zero-order valence-corrected chi connectivity index (χ0v) is 8.34. The quantitative estimate of drug-likeness (QED) is 0.781. The fraction of sp³-hybridized carbons (Fsp3) is 0.455. The first-order valence-corrected chi connectivity index (χ1v) is 5.11. The summed E-state index contributed by atoms with van der Waals surface area (Å²) in [6.07, 6.45) is 0.914. The van der Waals surface area contributed by atoms with E-state index in [-0.39, 0.29) is 12.0 Å². The predicted molar refractivity (Wildman–Crippen MR) is 54.3 cm³/mol. The molecule has 1 fully saturated rings. The van der Waals surface area contributed by atoms with Crippen LogP contribution < -0.4 is 11.1 Å². The molecule has 1 aromatic rings. The summed E-state index contributed by atoms with van der Waals surface area (Å²) in [5.41, 5.74) is 5.99. The maximum Gasteiger partial charge on any atom is 0.163 e. The Morgan fingerprint density at radius 3 is 2.93 bits per heavy atom. The lowest BCUT2D eigenvalue weighted by Crippen LogP contribution is -2.24. The summed E-state index contributed by atoms with van der Waals surface area (Å²) in [6.45, 7) is 1.30. The van der Waals surface area contributed by atoms with E-state index in [1.807, 2.05) is 0 Å². The zero-order valence-electron chi connectivity index (χ0n) is 8.34. The average Bonchev–Trinajstić information content (AvgIpc) is 2.70. The third kappa shape index (κ3) is 1.87. The molecular formula is C11H14F2N2. The van der Waals surface area contributed by atoms with Gasteiger partial charge in [-0.15, -0.1) is 0 Å². The van der Waals surface area contributed by atoms with Gasteiger partial charge in [0.25, 0.3) is 0 Å². The molecule has 3 N–H and O–H groups in total. The highest BCUT2D eigenvalue weighted by Gasteiger charge is 2.29. The minimum absolute atomic E-state index is 0.148. The molecule has 0 spiro atoms. The largest absolute Gasteiger partial charge is 0.330 e. The molecule has 15 heavy (non-hydrogen) atoms. The number of benzene rings is 1. The zero-order chi connectivity index (χ0) is 10.8. The number of nitrogens with two attached hydrogens (primary N) is 1. The monoisotopic (exact) mass is 212 g/mol. The number of hydrogen-bond acceptors (Lipinski definition) is 2. The Labute approximate surface area is 87.5 Å². The second kappa shape index (κ2) is 4.24. The van der Waals surface area contributed by atoms with Crippen molar-refractivity contribution in [1.82, 2.24) is 5.32 Å². The fourth-order valence-corrected chi connectivity index (χ4v) is 2.14. The van der Waals surface area contributed by atoms with Crippen LogP contribution in [0.3, 0.4) is 0 Å². The van der Waals surface area contributed by atoms with Crippen molar-refractivity contribution in [3.05, 3.63) is 35.4 Å². The summed E-state index contributed by atoms with van der Waals surface area (Å²) < 4.78 is 26.5. The van der Waals surface area contributed by atoms with Crippen molar-refractivity contribution >= 4 is 0 Å². The van der Waals surface area contributed by atoms with Crippen LogP contribution in [0, 0.1) is 17.6 Å². The number of halogens is 2. The molecule has 0 aliphatic carbocycles. The molecule has 4 heteroatoms. The van der Waals surface area contributed by atoms with Gasteiger partial charge < -0.3 is 11.1 Å². The SMILES string of the molecule is NCC1CCNC1c1cccc(F)c1F. The van der Waals surface area contributed by atoms with Crippen molar-refractivity contribution in [2.45, 2.75) is 12.5 Å². The maximum absolute atomic E-state index is 13.5. The van der Waals surface area contributed by atoms with E-state index in [9.17, 15) is 8.78 Å². The van der Waals surface area contributed by atoms with Gasteiger partial charge in [-0.3, -0.25) is 0 Å². The van der Waals surface area contributed by atoms with Gasteiger partial charge in [0.15, 0.2) is 11.6 Å². The van der Waals surface area contributed by atoms with E-state index < -0.39 is 11.6 Å². The number of hydrogen-bond donors (Lipinski definition) is 2. The van der Waals surface area contributed by atoms with Crippen molar-refractivity contribution in [2.24, 2.45) is 11.7 Å². The summed E-state index contributed by atoms with van der Waals surface area (Å²) in [7, 11) is 0. The van der Waals surface area contributed by atoms with Gasteiger partial charge in [0, 0.05) is 11.6 Å². The summed E-state index contributed by atoms with van der Waals surface area (Å²) >= 11 is 0. The molecule has 1 aromatic carbocycles. The van der Waals surface area contributed by atoms with Crippen LogP contribution in [0.5, 0.6) is 0 Å². The molecule has 1 heterocycles. The Morgan fingerprint density at radius 1 is 1.40 bits per heavy atom. The van der Waals surface area contributed by atoms with Crippen LogP contribution in [0.1, 0.15) is 18.0 Å². The molecule has 0 aromatic heterocycles. The van der Waals surface area contributed by atoms with Gasteiger partial charge in [0.2, 0.25) is 0 Å². The van der Waals surface area contributed by atoms with E-state index in [2.05, 4.69) is 5.32 Å². The fourth-order valence-electron chi connectivity index (χ4n) is 2.14. The normalized spacial score (nSPS) is 25.8. The van der Waals surface area contributed by atoms with Crippen molar-refractivity contribution in [3.63, 3.8) is 0 Å². The van der Waals surface area contributed by atoms with E-state index in [1.165, 1.54) is 6.07 Å². The molecule has 1 aliphatic rings. The van der Waals surface area contributed by atoms with Gasteiger partial charge in [0.1, 0.15) is 0 Å². The standard InChI is InChI=1S/C11H14F2N2/c12-9-3-1-2-8(10(9)13)11-7(6-14)4-5-15-11/h1-3,7,11,15H,4-6,14H2. The third-order valence-electron chi connectivity index (χ3n) is 2.97. The molecule has 2 nitrogen and oxygen atoms in total. The third-order valence-corrected chi connectivity index (χ3v) is 2.97. The van der Waals surface area contributed by atoms with Crippen LogP contribution in [-0.4, -0.2) is 13.1 Å². The van der Waals surface area contributed by atoms with Gasteiger partial charge in [-0.2, -0.15) is 0 Å². The van der Waals surface area contributed by atoms with Crippen LogP contribution in [0.25, 0.3) is 0 Å². The second-order valence-electron chi connectivity index (χ2n) is 3.86. The van der Waals surface area contributed by atoms with E-state index >= 15 is 0 Å². The van der Waals surface area contributed by atoms with Crippen molar-refractivity contribution in [3.8, 4) is 0 Å². The van der Waals surface area contributed by atoms with E-state index in [1.54, 1.807) is 6.07 Å². The van der Waals surface area contributed by atoms with Gasteiger partial charge >= 0.3 is 0 Å². The lowest BCUT2D eigenvalue weighted by molar-refractivity contribution is 0.432. The number of rotatable bonds is 2. The van der Waals surface area contributed by atoms with E-state index in [4.69, 9.17) is 5.73 Å². The Kier molecular flexibility index (Phi) is 2.98. The maximum atomic E-state index is 13.5. The van der Waals surface area contributed by atoms with Gasteiger partial charge in [-0.25, -0.2) is 8.78 Å². The first-order valence-electron chi connectivity index (χ1n) is 5.11. The summed E-state index contributed by atoms with van der Waals surface area (Å²) in [6, 6.07) is 4.13. The summed E-state index contributed by atoms with van der Waals surface area (Å²) in [5, 5.41) is 3.16. The molecule has 2 unspecified atom stereocenters. The minimum atomic E-state index is -0.794. The Balaban J connectivity index is 2.32. The first-order chi connectivity index (χ1) is 7.24. The van der Waals surface area contributed by atoms with Crippen molar-refractivity contribution in [1.29, 1.82) is 0 Å². The van der Waals surface area contributed by atoms with E-state index in [0.29, 0.717) is 12.1 Å². The molecule has 0 saturated carbocycles. The van der Waals surface area contributed by atoms with Crippen LogP contribution in [-0.2, 0) is 0 Å². The molecule has 2 atom stereocenters. The van der Waals surface area contributed by atoms with Crippen LogP contribution >= 0.6 is 0 Å². The molecule has 82 valence electrons. The Morgan fingerprint density at radius 2 is 2.20 bits per heavy atom. The average molecular weight is 212 g/mol. The lowest BCUT2D eigenvalue weighted by atomic mass is 9.94. The molecule has 0 bridgehead atoms. The Bertz CT molecular complexity index is 354. The molecule has 2 rings (SSSR count). The second-order valence-corrected chi connectivity index (χ2v) is 3.86. The molecule has 1 saturated heterocycles. The topological polar surface area (TPSA) is 38.0 Å². The molecular weight excluding hydrogens is 198 g/mol. The van der Waals surface area contributed by atoms with Crippen LogP contribution in [0.2, 0.25) is 0 Å². The predicted octanol–water partition coefficient (Wildman–Crippen LogP) is 1.57. The van der Waals surface area contributed by atoms with Crippen LogP contribution in [0.15, 0.2) is 18.2 Å². The Hall–Kier alpha value is -1.00. The lowest BCUT2D eigenvalue weighted by Gasteiger charge is -2.18. The van der Waals surface area contributed by atoms with Gasteiger partial charge in [-0.1, -0.05) is 12.1 Å². The highest BCUT2D eigenvalue weighted by atomic mass is 19.2. The van der Waals surface area contributed by atoms with Gasteiger partial charge in [0.05, 0.1) is 0 Å². The highest BCUT2D eigenvalue weighted by molar-refractivity contribution is 5.24. The number of nitrogens with one attached hydrogen (secondary N) is 1.